The molecule has 2 atom stereocenters. The van der Waals surface area contributed by atoms with E-state index in [0.29, 0.717) is 12.1 Å². The number of primary amides is 1. The van der Waals surface area contributed by atoms with Gasteiger partial charge in [0, 0.05) is 23.5 Å². The summed E-state index contributed by atoms with van der Waals surface area (Å²) in [7, 11) is 0. The molecule has 2 amide bonds. The van der Waals surface area contributed by atoms with E-state index in [9.17, 15) is 4.79 Å². The van der Waals surface area contributed by atoms with Crippen LogP contribution in [0.3, 0.4) is 0 Å². The van der Waals surface area contributed by atoms with Crippen LogP contribution in [0.4, 0.5) is 10.5 Å². The lowest BCUT2D eigenvalue weighted by molar-refractivity contribution is 0.259. The largest absolute Gasteiger partial charge is 0.351 e. The van der Waals surface area contributed by atoms with Crippen LogP contribution in [0.2, 0.25) is 0 Å². The van der Waals surface area contributed by atoms with Crippen molar-refractivity contribution in [1.82, 2.24) is 5.32 Å². The number of thioether (sulfide) groups is 1. The Balaban J connectivity index is 2.61. The number of nitrogens with two attached hydrogens (primary N) is 1. The minimum Gasteiger partial charge on any atom is -0.351 e. The maximum absolute atomic E-state index is 10.7. The van der Waals surface area contributed by atoms with Gasteiger partial charge in [-0.25, -0.2) is 4.79 Å². The minimum atomic E-state index is -0.537. The number of amides is 2. The zero-order valence-electron chi connectivity index (χ0n) is 11.8. The fourth-order valence-corrected chi connectivity index (χ4v) is 2.67. The second kappa shape index (κ2) is 8.07. The molecular formula is C14H23N3OS. The molecule has 0 heterocycles. The van der Waals surface area contributed by atoms with Gasteiger partial charge in [-0.3, -0.25) is 0 Å². The second-order valence-corrected chi connectivity index (χ2v) is 5.47. The average Bonchev–Trinajstić information content (AvgIpc) is 2.38. The van der Waals surface area contributed by atoms with E-state index in [-0.39, 0.29) is 0 Å². The Bertz CT molecular complexity index is 394. The van der Waals surface area contributed by atoms with Gasteiger partial charge >= 0.3 is 6.03 Å². The Morgan fingerprint density at radius 2 is 2.00 bits per heavy atom. The summed E-state index contributed by atoms with van der Waals surface area (Å²) in [6.45, 7) is 4.35. The third-order valence-corrected chi connectivity index (χ3v) is 3.76. The number of hydrogen-bond donors (Lipinski definition) is 3. The average molecular weight is 281 g/mol. The highest BCUT2D eigenvalue weighted by Crippen LogP contribution is 2.17. The number of carbonyl (C=O) groups excluding carboxylic acids is 1. The first kappa shape index (κ1) is 15.9. The fraction of sp³-hybridized carbons (Fsp3) is 0.500. The Hall–Kier alpha value is -1.20. The molecule has 0 aliphatic carbocycles. The van der Waals surface area contributed by atoms with Gasteiger partial charge in [-0.15, -0.1) is 0 Å². The molecule has 0 saturated carbocycles. The predicted molar refractivity (Wildman–Crippen MR) is 83.7 cm³/mol. The molecule has 2 unspecified atom stereocenters. The predicted octanol–water partition coefficient (Wildman–Crippen LogP) is 2.97. The number of benzene rings is 1. The molecule has 106 valence electrons. The Labute approximate surface area is 119 Å². The summed E-state index contributed by atoms with van der Waals surface area (Å²) >= 11 is 1.86. The highest BCUT2D eigenvalue weighted by atomic mass is 32.2. The van der Waals surface area contributed by atoms with E-state index in [4.69, 9.17) is 5.73 Å². The van der Waals surface area contributed by atoms with E-state index < -0.39 is 6.03 Å². The zero-order chi connectivity index (χ0) is 14.3. The molecule has 19 heavy (non-hydrogen) atoms. The first-order chi connectivity index (χ1) is 9.06. The van der Waals surface area contributed by atoms with Crippen LogP contribution in [0.25, 0.3) is 0 Å². The number of rotatable bonds is 7. The van der Waals surface area contributed by atoms with Gasteiger partial charge in [-0.2, -0.15) is 11.8 Å². The van der Waals surface area contributed by atoms with E-state index in [2.05, 4.69) is 30.7 Å². The van der Waals surface area contributed by atoms with Gasteiger partial charge in [-0.05, 0) is 37.3 Å². The summed E-state index contributed by atoms with van der Waals surface area (Å²) in [5.74, 6) is 1.11. The third-order valence-electron chi connectivity index (χ3n) is 3.02. The van der Waals surface area contributed by atoms with Gasteiger partial charge in [0.2, 0.25) is 0 Å². The summed E-state index contributed by atoms with van der Waals surface area (Å²) < 4.78 is 0. The number of anilines is 1. The van der Waals surface area contributed by atoms with Crippen molar-refractivity contribution in [3.05, 3.63) is 29.8 Å². The lowest BCUT2D eigenvalue weighted by Gasteiger charge is -2.22. The van der Waals surface area contributed by atoms with Crippen LogP contribution in [0.1, 0.15) is 31.9 Å². The highest BCUT2D eigenvalue weighted by molar-refractivity contribution is 7.98. The van der Waals surface area contributed by atoms with Gasteiger partial charge < -0.3 is 16.4 Å². The van der Waals surface area contributed by atoms with Crippen molar-refractivity contribution >= 4 is 23.5 Å². The first-order valence-corrected chi connectivity index (χ1v) is 7.87. The summed E-state index contributed by atoms with van der Waals surface area (Å²) in [5.41, 5.74) is 7.00. The van der Waals surface area contributed by atoms with Gasteiger partial charge in [-0.1, -0.05) is 19.1 Å². The van der Waals surface area contributed by atoms with Crippen LogP contribution in [-0.2, 0) is 0 Å². The van der Waals surface area contributed by atoms with Crippen molar-refractivity contribution in [2.75, 3.05) is 17.3 Å². The number of urea groups is 1. The maximum Gasteiger partial charge on any atom is 0.316 e. The summed E-state index contributed by atoms with van der Waals surface area (Å²) in [5, 5.41) is 6.17. The van der Waals surface area contributed by atoms with E-state index in [1.165, 1.54) is 5.56 Å². The summed E-state index contributed by atoms with van der Waals surface area (Å²) in [6.07, 6.45) is 3.24. The number of nitrogens with one attached hydrogen (secondary N) is 2. The lowest BCUT2D eigenvalue weighted by atomic mass is 10.1. The van der Waals surface area contributed by atoms with Crippen LogP contribution >= 0.6 is 11.8 Å². The summed E-state index contributed by atoms with van der Waals surface area (Å²) in [6, 6.07) is 8.03. The molecule has 0 saturated heterocycles. The van der Waals surface area contributed by atoms with E-state index >= 15 is 0 Å². The van der Waals surface area contributed by atoms with Crippen molar-refractivity contribution in [2.45, 2.75) is 32.4 Å². The van der Waals surface area contributed by atoms with Crippen LogP contribution in [0.15, 0.2) is 24.3 Å². The molecule has 0 bridgehead atoms. The smallest absolute Gasteiger partial charge is 0.316 e. The molecule has 0 fully saturated rings. The number of carbonyl (C=O) groups is 1. The van der Waals surface area contributed by atoms with Crippen molar-refractivity contribution in [3.63, 3.8) is 0 Å². The van der Waals surface area contributed by atoms with Gasteiger partial charge in [0.15, 0.2) is 0 Å². The highest BCUT2D eigenvalue weighted by Gasteiger charge is 2.11. The Morgan fingerprint density at radius 1 is 1.37 bits per heavy atom. The topological polar surface area (TPSA) is 67.2 Å². The van der Waals surface area contributed by atoms with Crippen molar-refractivity contribution < 1.29 is 4.79 Å². The SMILES string of the molecule is CCC(CSC)NC(C)c1ccc(NC(N)=O)cc1. The fourth-order valence-electron chi connectivity index (χ4n) is 1.93. The van der Waals surface area contributed by atoms with Crippen LogP contribution in [0, 0.1) is 0 Å². The molecule has 1 aromatic carbocycles. The maximum atomic E-state index is 10.7. The van der Waals surface area contributed by atoms with Crippen LogP contribution in [-0.4, -0.2) is 24.1 Å². The normalized spacial score (nSPS) is 13.8. The van der Waals surface area contributed by atoms with Crippen molar-refractivity contribution in [3.8, 4) is 0 Å². The Morgan fingerprint density at radius 3 is 2.47 bits per heavy atom. The molecule has 0 aliphatic rings. The first-order valence-electron chi connectivity index (χ1n) is 6.48. The molecule has 1 aromatic rings. The van der Waals surface area contributed by atoms with Crippen LogP contribution in [0.5, 0.6) is 0 Å². The molecule has 0 aliphatic heterocycles. The second-order valence-electron chi connectivity index (χ2n) is 4.56. The lowest BCUT2D eigenvalue weighted by Crippen LogP contribution is -2.32. The molecule has 4 nitrogen and oxygen atoms in total. The van der Waals surface area contributed by atoms with E-state index in [0.717, 1.165) is 17.9 Å². The molecule has 4 N–H and O–H groups in total. The number of hydrogen-bond acceptors (Lipinski definition) is 3. The Kier molecular flexibility index (Phi) is 6.73. The zero-order valence-corrected chi connectivity index (χ0v) is 12.6. The van der Waals surface area contributed by atoms with E-state index in [1.807, 2.05) is 36.0 Å². The van der Waals surface area contributed by atoms with Crippen molar-refractivity contribution in [1.29, 1.82) is 0 Å². The molecule has 0 aromatic heterocycles. The van der Waals surface area contributed by atoms with Gasteiger partial charge in [0.05, 0.1) is 0 Å². The monoisotopic (exact) mass is 281 g/mol. The third kappa shape index (κ3) is 5.53. The van der Waals surface area contributed by atoms with Gasteiger partial charge in [0.1, 0.15) is 0 Å². The molecule has 0 spiro atoms. The minimum absolute atomic E-state index is 0.291. The molecule has 0 radical (unpaired) electrons. The van der Waals surface area contributed by atoms with Crippen LogP contribution < -0.4 is 16.4 Å². The molecular weight excluding hydrogens is 258 g/mol. The van der Waals surface area contributed by atoms with E-state index in [1.54, 1.807) is 0 Å². The quantitative estimate of drug-likeness (QED) is 0.720. The molecule has 1 rings (SSSR count). The van der Waals surface area contributed by atoms with Gasteiger partial charge in [0.25, 0.3) is 0 Å². The standard InChI is InChI=1S/C14H23N3OS/c1-4-12(9-19-3)16-10(2)11-5-7-13(8-6-11)17-14(15)18/h5-8,10,12,16H,4,9H2,1-3H3,(H3,15,17,18). The van der Waals surface area contributed by atoms with Crippen molar-refractivity contribution in [2.24, 2.45) is 5.73 Å². The molecule has 5 heteroatoms. The summed E-state index contributed by atoms with van der Waals surface area (Å²) in [4.78, 5) is 10.7.